The highest BCUT2D eigenvalue weighted by atomic mass is 16.4. The second-order valence-corrected chi connectivity index (χ2v) is 6.76. The summed E-state index contributed by atoms with van der Waals surface area (Å²) in [5.74, 6) is -0.896. The number of carboxylic acids is 1. The van der Waals surface area contributed by atoms with Gasteiger partial charge in [-0.15, -0.1) is 0 Å². The first kappa shape index (κ1) is 17.0. The van der Waals surface area contributed by atoms with Gasteiger partial charge in [-0.05, 0) is 64.1 Å². The highest BCUT2D eigenvalue weighted by Gasteiger charge is 2.05. The number of aromatic carboxylic acids is 1. The van der Waals surface area contributed by atoms with E-state index in [4.69, 9.17) is 5.11 Å². The molecule has 4 rings (SSSR count). The molecule has 0 saturated carbocycles. The summed E-state index contributed by atoms with van der Waals surface area (Å²) in [6, 6.07) is 30.6. The van der Waals surface area contributed by atoms with E-state index in [0.29, 0.717) is 5.56 Å². The van der Waals surface area contributed by atoms with E-state index in [2.05, 4.69) is 54.6 Å². The molecule has 0 unspecified atom stereocenters. The van der Waals surface area contributed by atoms with Crippen LogP contribution in [-0.4, -0.2) is 11.1 Å². The summed E-state index contributed by atoms with van der Waals surface area (Å²) in [6.45, 7) is 0. The molecule has 0 aliphatic rings. The normalized spacial score (nSPS) is 10.8. The second kappa shape index (κ2) is 7.46. The third kappa shape index (κ3) is 3.90. The number of aryl methyl sites for hydroxylation is 2. The molecule has 0 radical (unpaired) electrons. The molecule has 2 heteroatoms. The Labute approximate surface area is 158 Å². The van der Waals surface area contributed by atoms with Crippen molar-refractivity contribution < 1.29 is 9.90 Å². The van der Waals surface area contributed by atoms with Gasteiger partial charge in [-0.2, -0.15) is 0 Å². The van der Waals surface area contributed by atoms with Gasteiger partial charge in [0.25, 0.3) is 0 Å². The van der Waals surface area contributed by atoms with Crippen molar-refractivity contribution in [3.8, 4) is 11.1 Å². The molecule has 0 aliphatic heterocycles. The average molecular weight is 352 g/mol. The van der Waals surface area contributed by atoms with Crippen LogP contribution in [0.4, 0.5) is 0 Å². The molecule has 4 aromatic rings. The van der Waals surface area contributed by atoms with Gasteiger partial charge in [0.1, 0.15) is 0 Å². The number of fused-ring (bicyclic) bond motifs is 1. The first-order valence-electron chi connectivity index (χ1n) is 9.09. The van der Waals surface area contributed by atoms with Crippen LogP contribution < -0.4 is 0 Å². The van der Waals surface area contributed by atoms with Gasteiger partial charge in [0.05, 0.1) is 5.56 Å². The Morgan fingerprint density at radius 3 is 1.93 bits per heavy atom. The molecular formula is C25H20O2. The van der Waals surface area contributed by atoms with Crippen LogP contribution in [0.2, 0.25) is 0 Å². The Kier molecular flexibility index (Phi) is 4.71. The molecule has 2 nitrogen and oxygen atoms in total. The lowest BCUT2D eigenvalue weighted by atomic mass is 9.98. The first-order chi connectivity index (χ1) is 13.2. The molecule has 0 saturated heterocycles. The zero-order valence-corrected chi connectivity index (χ0v) is 14.9. The van der Waals surface area contributed by atoms with Gasteiger partial charge in [0.15, 0.2) is 0 Å². The van der Waals surface area contributed by atoms with Crippen molar-refractivity contribution in [1.82, 2.24) is 0 Å². The minimum absolute atomic E-state index is 0.318. The zero-order chi connectivity index (χ0) is 18.6. The SMILES string of the molecule is O=C(O)c1ccc2cc(-c3ccc(CCc4ccccc4)cc3)ccc2c1. The monoisotopic (exact) mass is 352 g/mol. The number of hydrogen-bond acceptors (Lipinski definition) is 1. The Morgan fingerprint density at radius 1 is 0.630 bits per heavy atom. The molecule has 0 bridgehead atoms. The maximum absolute atomic E-state index is 11.1. The average Bonchev–Trinajstić information content (AvgIpc) is 2.72. The Balaban J connectivity index is 1.52. The standard InChI is InChI=1S/C25H20O2/c26-25(27)24-15-14-22-16-21(12-13-23(22)17-24)20-10-8-19(9-11-20)7-6-18-4-2-1-3-5-18/h1-5,8-17H,6-7H2,(H,26,27). The van der Waals surface area contributed by atoms with Crippen LogP contribution in [0.15, 0.2) is 91.0 Å². The number of hydrogen-bond donors (Lipinski definition) is 1. The highest BCUT2D eigenvalue weighted by Crippen LogP contribution is 2.26. The predicted octanol–water partition coefficient (Wildman–Crippen LogP) is 5.99. The van der Waals surface area contributed by atoms with Crippen molar-refractivity contribution in [2.75, 3.05) is 0 Å². The van der Waals surface area contributed by atoms with E-state index in [1.807, 2.05) is 24.3 Å². The Morgan fingerprint density at radius 2 is 1.22 bits per heavy atom. The molecule has 0 fully saturated rings. The predicted molar refractivity (Wildman–Crippen MR) is 110 cm³/mol. The van der Waals surface area contributed by atoms with E-state index in [9.17, 15) is 4.79 Å². The highest BCUT2D eigenvalue weighted by molar-refractivity contribution is 5.95. The maximum atomic E-state index is 11.1. The first-order valence-corrected chi connectivity index (χ1v) is 9.09. The quantitative estimate of drug-likeness (QED) is 0.479. The maximum Gasteiger partial charge on any atom is 0.335 e. The van der Waals surface area contributed by atoms with Gasteiger partial charge in [0, 0.05) is 0 Å². The van der Waals surface area contributed by atoms with Crippen molar-refractivity contribution in [1.29, 1.82) is 0 Å². The Bertz CT molecular complexity index is 1080. The second-order valence-electron chi connectivity index (χ2n) is 6.76. The summed E-state index contributed by atoms with van der Waals surface area (Å²) in [4.78, 5) is 11.1. The molecular weight excluding hydrogens is 332 g/mol. The Hall–Kier alpha value is -3.39. The topological polar surface area (TPSA) is 37.3 Å². The van der Waals surface area contributed by atoms with Crippen molar-refractivity contribution in [3.63, 3.8) is 0 Å². The third-order valence-corrected chi connectivity index (χ3v) is 4.92. The smallest absolute Gasteiger partial charge is 0.335 e. The molecule has 0 aliphatic carbocycles. The fourth-order valence-electron chi connectivity index (χ4n) is 3.36. The van der Waals surface area contributed by atoms with E-state index in [-0.39, 0.29) is 0 Å². The van der Waals surface area contributed by atoms with Crippen molar-refractivity contribution in [2.24, 2.45) is 0 Å². The molecule has 4 aromatic carbocycles. The van der Waals surface area contributed by atoms with E-state index in [0.717, 1.165) is 29.2 Å². The van der Waals surface area contributed by atoms with E-state index >= 15 is 0 Å². The summed E-state index contributed by atoms with van der Waals surface area (Å²) >= 11 is 0. The molecule has 0 aromatic heterocycles. The molecule has 0 atom stereocenters. The lowest BCUT2D eigenvalue weighted by molar-refractivity contribution is 0.0697. The number of carbonyl (C=O) groups is 1. The minimum Gasteiger partial charge on any atom is -0.478 e. The van der Waals surface area contributed by atoms with Gasteiger partial charge < -0.3 is 5.11 Å². The number of benzene rings is 4. The van der Waals surface area contributed by atoms with Crippen LogP contribution in [-0.2, 0) is 12.8 Å². The molecule has 0 amide bonds. The lowest BCUT2D eigenvalue weighted by Crippen LogP contribution is -1.95. The van der Waals surface area contributed by atoms with E-state index < -0.39 is 5.97 Å². The molecule has 1 N–H and O–H groups in total. The van der Waals surface area contributed by atoms with Crippen LogP contribution in [0, 0.1) is 0 Å². The van der Waals surface area contributed by atoms with Crippen LogP contribution in [0.1, 0.15) is 21.5 Å². The summed E-state index contributed by atoms with van der Waals surface area (Å²) in [7, 11) is 0. The van der Waals surface area contributed by atoms with Gasteiger partial charge in [-0.25, -0.2) is 4.79 Å². The van der Waals surface area contributed by atoms with Crippen LogP contribution in [0.3, 0.4) is 0 Å². The molecule has 0 spiro atoms. The summed E-state index contributed by atoms with van der Waals surface area (Å²) in [5, 5.41) is 11.1. The van der Waals surface area contributed by atoms with Gasteiger partial charge in [-0.3, -0.25) is 0 Å². The van der Waals surface area contributed by atoms with Gasteiger partial charge >= 0.3 is 5.97 Å². The van der Waals surface area contributed by atoms with Crippen molar-refractivity contribution >= 4 is 16.7 Å². The van der Waals surface area contributed by atoms with Crippen LogP contribution in [0.5, 0.6) is 0 Å². The third-order valence-electron chi connectivity index (χ3n) is 4.92. The molecule has 132 valence electrons. The molecule has 0 heterocycles. The van der Waals surface area contributed by atoms with Crippen LogP contribution in [0.25, 0.3) is 21.9 Å². The number of rotatable bonds is 5. The van der Waals surface area contributed by atoms with E-state index in [1.165, 1.54) is 16.7 Å². The minimum atomic E-state index is -0.896. The zero-order valence-electron chi connectivity index (χ0n) is 14.9. The largest absolute Gasteiger partial charge is 0.478 e. The fraction of sp³-hybridized carbons (Fsp3) is 0.0800. The summed E-state index contributed by atoms with van der Waals surface area (Å²) in [6.07, 6.45) is 2.07. The van der Waals surface area contributed by atoms with E-state index in [1.54, 1.807) is 12.1 Å². The summed E-state index contributed by atoms with van der Waals surface area (Å²) < 4.78 is 0. The lowest BCUT2D eigenvalue weighted by Gasteiger charge is -2.07. The van der Waals surface area contributed by atoms with Gasteiger partial charge in [0.2, 0.25) is 0 Å². The molecule has 27 heavy (non-hydrogen) atoms. The van der Waals surface area contributed by atoms with Crippen molar-refractivity contribution in [2.45, 2.75) is 12.8 Å². The van der Waals surface area contributed by atoms with Crippen LogP contribution >= 0.6 is 0 Å². The number of carboxylic acid groups (broad SMARTS) is 1. The van der Waals surface area contributed by atoms with Crippen molar-refractivity contribution in [3.05, 3.63) is 108 Å². The summed E-state index contributed by atoms with van der Waals surface area (Å²) in [5.41, 5.74) is 5.31. The fourth-order valence-corrected chi connectivity index (χ4v) is 3.36. The van der Waals surface area contributed by atoms with Gasteiger partial charge in [-0.1, -0.05) is 72.8 Å².